The van der Waals surface area contributed by atoms with E-state index in [0.717, 1.165) is 69.6 Å². The largest absolute Gasteiger partial charge is 0.453 e. The number of hydrogen-bond acceptors (Lipinski definition) is 7. The molecule has 2 bridgehead atoms. The quantitative estimate of drug-likeness (QED) is 0.139. The summed E-state index contributed by atoms with van der Waals surface area (Å²) in [6.07, 6.45) is 7.91. The smallest absolute Gasteiger partial charge is 0.407 e. The summed E-state index contributed by atoms with van der Waals surface area (Å²) < 4.78 is 4.81. The van der Waals surface area contributed by atoms with Crippen LogP contribution in [0.15, 0.2) is 60.8 Å². The molecule has 5 atom stereocenters. The lowest BCUT2D eigenvalue weighted by molar-refractivity contribution is -0.135. The van der Waals surface area contributed by atoms with Gasteiger partial charge in [-0.25, -0.2) is 14.8 Å². The van der Waals surface area contributed by atoms with Gasteiger partial charge in [-0.2, -0.15) is 0 Å². The van der Waals surface area contributed by atoms with Crippen LogP contribution in [0.1, 0.15) is 92.0 Å². The number of benzene rings is 3. The van der Waals surface area contributed by atoms with E-state index in [-0.39, 0.29) is 29.1 Å². The third-order valence-corrected chi connectivity index (χ3v) is 12.7. The zero-order valence-electron chi connectivity index (χ0n) is 30.2. The fourth-order valence-electron chi connectivity index (χ4n) is 9.55. The molecule has 1 spiro atoms. The van der Waals surface area contributed by atoms with E-state index >= 15 is 0 Å². The molecule has 2 aromatic heterocycles. The molecule has 11 nitrogen and oxygen atoms in total. The first-order valence-electron chi connectivity index (χ1n) is 19.0. The van der Waals surface area contributed by atoms with Crippen molar-refractivity contribution in [2.75, 3.05) is 13.7 Å². The second-order valence-electron chi connectivity index (χ2n) is 16.3. The number of nitrogens with zero attached hydrogens (tertiary/aromatic N) is 3. The number of ether oxygens (including phenoxy) is 1. The summed E-state index contributed by atoms with van der Waals surface area (Å²) in [5.41, 5.74) is 8.98. The van der Waals surface area contributed by atoms with Gasteiger partial charge in [0.1, 0.15) is 17.7 Å². The molecule has 0 radical (unpaired) electrons. The van der Waals surface area contributed by atoms with Crippen LogP contribution < -0.4 is 10.6 Å². The summed E-state index contributed by atoms with van der Waals surface area (Å²) in [7, 11) is 1.30. The molecule has 4 heterocycles. The van der Waals surface area contributed by atoms with Gasteiger partial charge in [0.05, 0.1) is 42.1 Å². The van der Waals surface area contributed by atoms with E-state index in [9.17, 15) is 14.4 Å². The second-order valence-corrected chi connectivity index (χ2v) is 16.3. The van der Waals surface area contributed by atoms with Gasteiger partial charge in [0.2, 0.25) is 5.91 Å². The number of methoxy groups -OCH3 is 1. The third-order valence-electron chi connectivity index (χ3n) is 12.7. The number of hydrogen-bond donors (Lipinski definition) is 4. The Morgan fingerprint density at radius 2 is 1.66 bits per heavy atom. The minimum Gasteiger partial charge on any atom is -0.453 e. The van der Waals surface area contributed by atoms with Crippen molar-refractivity contribution in [1.82, 2.24) is 35.5 Å². The number of aromatic amines is 2. The molecule has 53 heavy (non-hydrogen) atoms. The van der Waals surface area contributed by atoms with Crippen LogP contribution in [0.5, 0.6) is 0 Å². The molecule has 5 aromatic rings. The summed E-state index contributed by atoms with van der Waals surface area (Å²) in [6, 6.07) is 18.4. The average Bonchev–Trinajstić information content (AvgIpc) is 3.84. The molecule has 2 saturated carbocycles. The molecule has 3 aliphatic carbocycles. The van der Waals surface area contributed by atoms with Crippen molar-refractivity contribution >= 4 is 28.8 Å². The first kappa shape index (κ1) is 32.4. The van der Waals surface area contributed by atoms with Gasteiger partial charge in [0.15, 0.2) is 5.78 Å². The average molecular weight is 710 g/mol. The number of ketones is 1. The molecule has 2 saturated heterocycles. The lowest BCUT2D eigenvalue weighted by Crippen LogP contribution is -2.51. The lowest BCUT2D eigenvalue weighted by atomic mass is 9.98. The van der Waals surface area contributed by atoms with Crippen LogP contribution in [0.3, 0.4) is 0 Å². The Morgan fingerprint density at radius 1 is 0.925 bits per heavy atom. The van der Waals surface area contributed by atoms with E-state index in [1.54, 1.807) is 6.20 Å². The number of likely N-dealkylation sites (tertiary alicyclic amines) is 1. The minimum atomic E-state index is -0.700. The number of nitrogens with one attached hydrogen (secondary N) is 4. The summed E-state index contributed by atoms with van der Waals surface area (Å²) >= 11 is 0. The Bertz CT molecular complexity index is 2340. The Labute approximate surface area is 307 Å². The summed E-state index contributed by atoms with van der Waals surface area (Å²) in [4.78, 5) is 58.7. The fourth-order valence-corrected chi connectivity index (χ4v) is 9.55. The molecular weight excluding hydrogens is 667 g/mol. The molecule has 2 aliphatic heterocycles. The van der Waals surface area contributed by atoms with Crippen LogP contribution in [0, 0.1) is 17.3 Å². The molecule has 4 fully saturated rings. The number of imidazole rings is 2. The van der Waals surface area contributed by atoms with Gasteiger partial charge in [-0.05, 0) is 102 Å². The Balaban J connectivity index is 0.898. The molecule has 11 heteroatoms. The number of alkyl carbamates (subject to hydrolysis) is 1. The second kappa shape index (κ2) is 11.9. The van der Waals surface area contributed by atoms with E-state index < -0.39 is 12.1 Å². The van der Waals surface area contributed by atoms with Gasteiger partial charge in [-0.3, -0.25) is 9.59 Å². The number of aromatic nitrogens is 4. The number of fused-ring (bicyclic) bond motifs is 6. The number of piperidine rings is 1. The monoisotopic (exact) mass is 709 g/mol. The molecule has 270 valence electrons. The molecule has 2 amide bonds. The highest BCUT2D eigenvalue weighted by Gasteiger charge is 2.55. The Kier molecular flexibility index (Phi) is 7.24. The molecule has 4 N–H and O–H groups in total. The normalized spacial score (nSPS) is 23.9. The van der Waals surface area contributed by atoms with Crippen molar-refractivity contribution < 1.29 is 19.1 Å². The maximum Gasteiger partial charge on any atom is 0.407 e. The van der Waals surface area contributed by atoms with Crippen molar-refractivity contribution in [3.05, 3.63) is 83.6 Å². The summed E-state index contributed by atoms with van der Waals surface area (Å²) in [6.45, 7) is 4.48. The van der Waals surface area contributed by atoms with E-state index in [2.05, 4.69) is 50.9 Å². The topological polar surface area (TPSA) is 145 Å². The highest BCUT2D eigenvalue weighted by atomic mass is 16.5. The maximum absolute atomic E-state index is 14.0. The zero-order valence-corrected chi connectivity index (χ0v) is 30.2. The predicted octanol–water partition coefficient (Wildman–Crippen LogP) is 7.08. The van der Waals surface area contributed by atoms with Gasteiger partial charge < -0.3 is 30.2 Å². The van der Waals surface area contributed by atoms with E-state index in [1.165, 1.54) is 26.4 Å². The first-order valence-corrected chi connectivity index (χ1v) is 19.0. The first-order chi connectivity index (χ1) is 25.7. The SMILES string of the molecule is COC(=O)NC(C(=O)N1CC2(CC2)CC1c1ncc(-c2ccc3c(c2)C(=O)c2cc(-c4ccc5nc(C6NC7CCC6C7)[nH]c5c4)ccc2-3)[nH]1)C(C)C. The number of carbonyl (C=O) groups is 3. The van der Waals surface area contributed by atoms with E-state index in [4.69, 9.17) is 14.7 Å². The van der Waals surface area contributed by atoms with Crippen LogP contribution in [0.4, 0.5) is 4.79 Å². The van der Waals surface area contributed by atoms with Crippen LogP contribution in [-0.4, -0.2) is 68.4 Å². The number of H-pyrrole nitrogens is 2. The molecule has 10 rings (SSSR count). The number of carbonyl (C=O) groups excluding carboxylic acids is 3. The number of rotatable bonds is 7. The van der Waals surface area contributed by atoms with Crippen molar-refractivity contribution in [3.8, 4) is 33.5 Å². The van der Waals surface area contributed by atoms with Crippen LogP contribution in [-0.2, 0) is 9.53 Å². The minimum absolute atomic E-state index is 0.00628. The van der Waals surface area contributed by atoms with Gasteiger partial charge >= 0.3 is 6.09 Å². The van der Waals surface area contributed by atoms with Crippen molar-refractivity contribution in [3.63, 3.8) is 0 Å². The van der Waals surface area contributed by atoms with Crippen LogP contribution >= 0.6 is 0 Å². The van der Waals surface area contributed by atoms with Gasteiger partial charge in [0, 0.05) is 29.3 Å². The Morgan fingerprint density at radius 3 is 2.36 bits per heavy atom. The van der Waals surface area contributed by atoms with Crippen LogP contribution in [0.25, 0.3) is 44.5 Å². The molecular formula is C42H43N7O4. The molecule has 5 aliphatic rings. The Hall–Kier alpha value is -5.29. The fraction of sp³-hybridized carbons (Fsp3) is 0.405. The third kappa shape index (κ3) is 5.30. The summed E-state index contributed by atoms with van der Waals surface area (Å²) in [5.74, 6) is 2.16. The summed E-state index contributed by atoms with van der Waals surface area (Å²) in [5, 5.41) is 6.49. The molecule has 5 unspecified atom stereocenters. The van der Waals surface area contributed by atoms with Crippen LogP contribution in [0.2, 0.25) is 0 Å². The maximum atomic E-state index is 14.0. The predicted molar refractivity (Wildman–Crippen MR) is 200 cm³/mol. The van der Waals surface area contributed by atoms with E-state index in [1.807, 2.05) is 43.0 Å². The van der Waals surface area contributed by atoms with Gasteiger partial charge in [-0.15, -0.1) is 0 Å². The number of amides is 2. The standard InChI is InChI=1S/C42H43N7O4/c1-21(2)35(48-41(52)53-3)40(51)49-20-42(12-13-42)18-34(49)38-43-19-33(47-38)24-6-10-28-27-9-5-22(15-29(27)37(50)30(28)16-24)23-7-11-31-32(17-23)46-39(45-31)36-25-4-8-26(14-25)44-36/h5-7,9-11,15-17,19,21,25-26,34-36,44H,4,8,12-14,18,20H2,1-3H3,(H,43,47)(H,45,46)(H,48,52). The highest BCUT2D eigenvalue weighted by molar-refractivity contribution is 6.22. The van der Waals surface area contributed by atoms with Gasteiger partial charge in [-0.1, -0.05) is 44.2 Å². The highest BCUT2D eigenvalue weighted by Crippen LogP contribution is 2.58. The van der Waals surface area contributed by atoms with Crippen molar-refractivity contribution in [2.45, 2.75) is 76.5 Å². The lowest BCUT2D eigenvalue weighted by Gasteiger charge is -2.30. The zero-order chi connectivity index (χ0) is 36.2. The molecule has 3 aromatic carbocycles. The van der Waals surface area contributed by atoms with Crippen molar-refractivity contribution in [1.29, 1.82) is 0 Å². The van der Waals surface area contributed by atoms with Gasteiger partial charge in [0.25, 0.3) is 0 Å². The van der Waals surface area contributed by atoms with E-state index in [0.29, 0.717) is 41.5 Å². The van der Waals surface area contributed by atoms with Crippen molar-refractivity contribution in [2.24, 2.45) is 17.3 Å².